The standard InChI is InChI=1S/C19H20ClNO2/c1-21-11-17(13-6-8-15(20)9-7-13)18(12-21)19(22)14-4-3-5-16(10-14)23-2/h3-10,17-18H,11-12H2,1-2H3/t17-,18-/m1/s1. The highest BCUT2D eigenvalue weighted by Gasteiger charge is 2.37. The van der Waals surface area contributed by atoms with Crippen LogP contribution < -0.4 is 4.74 Å². The molecule has 2 aromatic carbocycles. The van der Waals surface area contributed by atoms with E-state index in [-0.39, 0.29) is 17.6 Å². The molecule has 1 fully saturated rings. The van der Waals surface area contributed by atoms with Crippen molar-refractivity contribution in [3.05, 3.63) is 64.7 Å². The van der Waals surface area contributed by atoms with Crippen LogP contribution in [0.4, 0.5) is 0 Å². The number of ketones is 1. The zero-order chi connectivity index (χ0) is 16.4. The number of Topliss-reactive ketones (excluding diaryl/α,β-unsaturated/α-hetero) is 1. The van der Waals surface area contributed by atoms with Crippen molar-refractivity contribution in [3.8, 4) is 5.75 Å². The summed E-state index contributed by atoms with van der Waals surface area (Å²) in [6, 6.07) is 15.2. The second-order valence-corrected chi connectivity index (χ2v) is 6.52. The molecule has 3 nitrogen and oxygen atoms in total. The van der Waals surface area contributed by atoms with E-state index >= 15 is 0 Å². The SMILES string of the molecule is COc1cccc(C(=O)[C@@H]2CN(C)C[C@@H]2c2ccc(Cl)cc2)c1. The number of carbonyl (C=O) groups excluding carboxylic acids is 1. The third kappa shape index (κ3) is 3.41. The fourth-order valence-corrected chi connectivity index (χ4v) is 3.43. The third-order valence-corrected chi connectivity index (χ3v) is 4.74. The highest BCUT2D eigenvalue weighted by Crippen LogP contribution is 2.35. The fraction of sp³-hybridized carbons (Fsp3) is 0.316. The number of methoxy groups -OCH3 is 1. The molecule has 2 atom stereocenters. The predicted octanol–water partition coefficient (Wildman–Crippen LogP) is 3.88. The quantitative estimate of drug-likeness (QED) is 0.797. The summed E-state index contributed by atoms with van der Waals surface area (Å²) in [6.45, 7) is 1.64. The Morgan fingerprint density at radius 3 is 2.61 bits per heavy atom. The van der Waals surface area contributed by atoms with Crippen molar-refractivity contribution in [2.24, 2.45) is 5.92 Å². The van der Waals surface area contributed by atoms with Gasteiger partial charge in [-0.25, -0.2) is 0 Å². The molecule has 1 heterocycles. The van der Waals surface area contributed by atoms with E-state index in [0.29, 0.717) is 11.3 Å². The maximum absolute atomic E-state index is 13.0. The Labute approximate surface area is 141 Å². The Morgan fingerprint density at radius 2 is 1.91 bits per heavy atom. The highest BCUT2D eigenvalue weighted by atomic mass is 35.5. The number of carbonyl (C=O) groups is 1. The Balaban J connectivity index is 1.89. The molecule has 0 spiro atoms. The normalized spacial score (nSPS) is 21.3. The molecule has 0 bridgehead atoms. The number of hydrogen-bond acceptors (Lipinski definition) is 3. The highest BCUT2D eigenvalue weighted by molar-refractivity contribution is 6.30. The molecule has 0 saturated carbocycles. The lowest BCUT2D eigenvalue weighted by Crippen LogP contribution is -2.22. The summed E-state index contributed by atoms with van der Waals surface area (Å²) >= 11 is 5.98. The monoisotopic (exact) mass is 329 g/mol. The molecular weight excluding hydrogens is 310 g/mol. The van der Waals surface area contributed by atoms with Gasteiger partial charge in [0.25, 0.3) is 0 Å². The number of likely N-dealkylation sites (tertiary alicyclic amines) is 1. The van der Waals surface area contributed by atoms with Crippen LogP contribution in [-0.2, 0) is 0 Å². The predicted molar refractivity (Wildman–Crippen MR) is 92.5 cm³/mol. The molecule has 23 heavy (non-hydrogen) atoms. The van der Waals surface area contributed by atoms with Gasteiger partial charge in [-0.1, -0.05) is 35.9 Å². The Hall–Kier alpha value is -1.84. The molecule has 1 aliphatic rings. The summed E-state index contributed by atoms with van der Waals surface area (Å²) in [7, 11) is 3.67. The molecule has 4 heteroatoms. The lowest BCUT2D eigenvalue weighted by Gasteiger charge is -2.18. The second-order valence-electron chi connectivity index (χ2n) is 6.08. The van der Waals surface area contributed by atoms with Crippen molar-refractivity contribution in [3.63, 3.8) is 0 Å². The van der Waals surface area contributed by atoms with Gasteiger partial charge in [-0.2, -0.15) is 0 Å². The van der Waals surface area contributed by atoms with Gasteiger partial charge in [-0.05, 0) is 36.9 Å². The molecule has 120 valence electrons. The van der Waals surface area contributed by atoms with Crippen LogP contribution in [0, 0.1) is 5.92 Å². The maximum Gasteiger partial charge on any atom is 0.168 e. The fourth-order valence-electron chi connectivity index (χ4n) is 3.30. The number of likely N-dealkylation sites (N-methyl/N-ethyl adjacent to an activating group) is 1. The van der Waals surface area contributed by atoms with Gasteiger partial charge in [0, 0.05) is 35.5 Å². The molecule has 0 unspecified atom stereocenters. The molecular formula is C19H20ClNO2. The molecule has 0 N–H and O–H groups in total. The lowest BCUT2D eigenvalue weighted by molar-refractivity contribution is 0.0915. The van der Waals surface area contributed by atoms with Crippen LogP contribution in [0.5, 0.6) is 5.75 Å². The van der Waals surface area contributed by atoms with Crippen LogP contribution in [0.25, 0.3) is 0 Å². The van der Waals surface area contributed by atoms with Crippen LogP contribution in [0.15, 0.2) is 48.5 Å². The second kappa shape index (κ2) is 6.73. The molecule has 1 aliphatic heterocycles. The van der Waals surface area contributed by atoms with Gasteiger partial charge in [0.2, 0.25) is 0 Å². The van der Waals surface area contributed by atoms with Crippen molar-refractivity contribution in [2.45, 2.75) is 5.92 Å². The van der Waals surface area contributed by atoms with Gasteiger partial charge in [0.05, 0.1) is 7.11 Å². The number of rotatable bonds is 4. The lowest BCUT2D eigenvalue weighted by atomic mass is 9.84. The summed E-state index contributed by atoms with van der Waals surface area (Å²) in [5.41, 5.74) is 1.88. The van der Waals surface area contributed by atoms with E-state index in [0.717, 1.165) is 18.1 Å². The molecule has 0 amide bonds. The minimum Gasteiger partial charge on any atom is -0.497 e. The molecule has 1 saturated heterocycles. The first-order chi connectivity index (χ1) is 11.1. The van der Waals surface area contributed by atoms with E-state index in [4.69, 9.17) is 16.3 Å². The van der Waals surface area contributed by atoms with Crippen LogP contribution in [0.2, 0.25) is 5.02 Å². The van der Waals surface area contributed by atoms with Crippen molar-refractivity contribution < 1.29 is 9.53 Å². The largest absolute Gasteiger partial charge is 0.497 e. The zero-order valence-electron chi connectivity index (χ0n) is 13.3. The summed E-state index contributed by atoms with van der Waals surface area (Å²) < 4.78 is 5.24. The van der Waals surface area contributed by atoms with Crippen LogP contribution in [0.1, 0.15) is 21.8 Å². The molecule has 0 aromatic heterocycles. The smallest absolute Gasteiger partial charge is 0.168 e. The van der Waals surface area contributed by atoms with E-state index in [1.807, 2.05) is 48.5 Å². The topological polar surface area (TPSA) is 29.5 Å². The summed E-state index contributed by atoms with van der Waals surface area (Å²) in [5.74, 6) is 1.03. The Bertz CT molecular complexity index is 699. The minimum atomic E-state index is -0.0479. The van der Waals surface area contributed by atoms with Crippen molar-refractivity contribution in [1.82, 2.24) is 4.90 Å². The first-order valence-electron chi connectivity index (χ1n) is 7.71. The zero-order valence-corrected chi connectivity index (χ0v) is 14.1. The van der Waals surface area contributed by atoms with Crippen molar-refractivity contribution in [2.75, 3.05) is 27.2 Å². The van der Waals surface area contributed by atoms with Gasteiger partial charge in [0.1, 0.15) is 5.75 Å². The van der Waals surface area contributed by atoms with Gasteiger partial charge in [-0.3, -0.25) is 4.79 Å². The Morgan fingerprint density at radius 1 is 1.17 bits per heavy atom. The number of hydrogen-bond donors (Lipinski definition) is 0. The van der Waals surface area contributed by atoms with Crippen LogP contribution >= 0.6 is 11.6 Å². The van der Waals surface area contributed by atoms with Gasteiger partial charge >= 0.3 is 0 Å². The van der Waals surface area contributed by atoms with Crippen LogP contribution in [-0.4, -0.2) is 37.9 Å². The molecule has 3 rings (SSSR count). The van der Waals surface area contributed by atoms with Gasteiger partial charge in [-0.15, -0.1) is 0 Å². The van der Waals surface area contributed by atoms with E-state index in [1.165, 1.54) is 5.56 Å². The van der Waals surface area contributed by atoms with Gasteiger partial charge < -0.3 is 9.64 Å². The van der Waals surface area contributed by atoms with Crippen molar-refractivity contribution in [1.29, 1.82) is 0 Å². The van der Waals surface area contributed by atoms with Crippen molar-refractivity contribution >= 4 is 17.4 Å². The third-order valence-electron chi connectivity index (χ3n) is 4.49. The van der Waals surface area contributed by atoms with Gasteiger partial charge in [0.15, 0.2) is 5.78 Å². The molecule has 0 aliphatic carbocycles. The first-order valence-corrected chi connectivity index (χ1v) is 8.08. The number of nitrogens with zero attached hydrogens (tertiary/aromatic N) is 1. The van der Waals surface area contributed by atoms with E-state index in [1.54, 1.807) is 7.11 Å². The molecule has 2 aromatic rings. The summed E-state index contributed by atoms with van der Waals surface area (Å²) in [4.78, 5) is 15.2. The first kappa shape index (κ1) is 16.0. The minimum absolute atomic E-state index is 0.0479. The van der Waals surface area contributed by atoms with E-state index in [2.05, 4.69) is 11.9 Å². The average Bonchev–Trinajstić information content (AvgIpc) is 2.96. The van der Waals surface area contributed by atoms with Crippen LogP contribution in [0.3, 0.4) is 0 Å². The average molecular weight is 330 g/mol. The number of ether oxygens (including phenoxy) is 1. The maximum atomic E-state index is 13.0. The Kier molecular flexibility index (Phi) is 4.69. The number of benzene rings is 2. The van der Waals surface area contributed by atoms with E-state index in [9.17, 15) is 4.79 Å². The molecule has 0 radical (unpaired) electrons. The summed E-state index contributed by atoms with van der Waals surface area (Å²) in [5, 5.41) is 0.718. The van der Waals surface area contributed by atoms with E-state index < -0.39 is 0 Å². The number of halogens is 1. The summed E-state index contributed by atoms with van der Waals surface area (Å²) in [6.07, 6.45) is 0.